The van der Waals surface area contributed by atoms with Gasteiger partial charge in [0.05, 0.1) is 5.52 Å². The predicted octanol–water partition coefficient (Wildman–Crippen LogP) is 3.13. The van der Waals surface area contributed by atoms with Gasteiger partial charge in [-0.2, -0.15) is 0 Å². The number of rotatable bonds is 1. The Morgan fingerprint density at radius 2 is 2.00 bits per heavy atom. The molecule has 0 amide bonds. The molecule has 0 fully saturated rings. The summed E-state index contributed by atoms with van der Waals surface area (Å²) in [7, 11) is 2.04. The van der Waals surface area contributed by atoms with Crippen molar-refractivity contribution in [3.05, 3.63) is 34.4 Å². The number of halogens is 1. The van der Waals surface area contributed by atoms with Gasteiger partial charge in [-0.15, -0.1) is 0 Å². The second-order valence-electron chi connectivity index (χ2n) is 4.51. The Labute approximate surface area is 98.2 Å². The first-order valence-electron chi connectivity index (χ1n) is 4.94. The van der Waals surface area contributed by atoms with Gasteiger partial charge in [0.15, 0.2) is 0 Å². The lowest BCUT2D eigenvalue weighted by Crippen LogP contribution is -2.29. The second kappa shape index (κ2) is 3.35. The molecule has 2 N–H and O–H groups in total. The van der Waals surface area contributed by atoms with Crippen LogP contribution >= 0.6 is 15.9 Å². The Hall–Kier alpha value is -0.800. The molecule has 3 heteroatoms. The average Bonchev–Trinajstić information content (AvgIpc) is 2.41. The van der Waals surface area contributed by atoms with Gasteiger partial charge in [0, 0.05) is 28.6 Å². The first kappa shape index (κ1) is 10.7. The van der Waals surface area contributed by atoms with Crippen LogP contribution in [0.25, 0.3) is 10.9 Å². The summed E-state index contributed by atoms with van der Waals surface area (Å²) in [6.07, 6.45) is 2.07. The minimum atomic E-state index is -0.314. The molecule has 0 saturated carbocycles. The van der Waals surface area contributed by atoms with E-state index in [0.717, 1.165) is 4.47 Å². The summed E-state index contributed by atoms with van der Waals surface area (Å²) in [6.45, 7) is 4.06. The molecule has 0 saturated heterocycles. The molecule has 2 nitrogen and oxygen atoms in total. The fourth-order valence-corrected chi connectivity index (χ4v) is 2.57. The molecular weight excluding hydrogens is 252 g/mol. The molecule has 2 aromatic rings. The van der Waals surface area contributed by atoms with Crippen molar-refractivity contribution in [1.82, 2.24) is 4.57 Å². The van der Waals surface area contributed by atoms with Crippen LogP contribution in [0.4, 0.5) is 0 Å². The standard InChI is InChI=1S/C12H15BrN2/c1-12(2,14)9-6-4-5-8-10(13)7-15(3)11(8)9/h4-7H,14H2,1-3H3. The SMILES string of the molecule is Cn1cc(Br)c2cccc(C(C)(C)N)c21. The molecule has 0 aliphatic heterocycles. The zero-order valence-corrected chi connectivity index (χ0v) is 10.8. The maximum Gasteiger partial charge on any atom is 0.0540 e. The monoisotopic (exact) mass is 266 g/mol. The van der Waals surface area contributed by atoms with Gasteiger partial charge in [0.1, 0.15) is 0 Å². The van der Waals surface area contributed by atoms with Crippen LogP contribution in [0.5, 0.6) is 0 Å². The number of aryl methyl sites for hydroxylation is 1. The van der Waals surface area contributed by atoms with Crippen molar-refractivity contribution in [2.75, 3.05) is 0 Å². The normalized spacial score (nSPS) is 12.3. The van der Waals surface area contributed by atoms with Crippen molar-refractivity contribution < 1.29 is 0 Å². The minimum absolute atomic E-state index is 0.314. The molecule has 1 aromatic carbocycles. The molecule has 0 spiro atoms. The fraction of sp³-hybridized carbons (Fsp3) is 0.333. The lowest BCUT2D eigenvalue weighted by molar-refractivity contribution is 0.557. The van der Waals surface area contributed by atoms with Crippen molar-refractivity contribution >= 4 is 26.8 Å². The van der Waals surface area contributed by atoms with Crippen LogP contribution in [0.15, 0.2) is 28.9 Å². The Morgan fingerprint density at radius 3 is 2.60 bits per heavy atom. The van der Waals surface area contributed by atoms with Crippen molar-refractivity contribution in [2.45, 2.75) is 19.4 Å². The molecule has 0 atom stereocenters. The Morgan fingerprint density at radius 1 is 1.33 bits per heavy atom. The summed E-state index contributed by atoms with van der Waals surface area (Å²) in [4.78, 5) is 0. The summed E-state index contributed by atoms with van der Waals surface area (Å²) in [5, 5.41) is 1.22. The van der Waals surface area contributed by atoms with E-state index in [-0.39, 0.29) is 5.54 Å². The first-order valence-corrected chi connectivity index (χ1v) is 5.73. The van der Waals surface area contributed by atoms with E-state index in [1.165, 1.54) is 16.5 Å². The quantitative estimate of drug-likeness (QED) is 0.845. The van der Waals surface area contributed by atoms with Gasteiger partial charge < -0.3 is 10.3 Å². The van der Waals surface area contributed by atoms with Crippen LogP contribution in [-0.2, 0) is 12.6 Å². The zero-order chi connectivity index (χ0) is 11.2. The van der Waals surface area contributed by atoms with Crippen molar-refractivity contribution in [3.63, 3.8) is 0 Å². The van der Waals surface area contributed by atoms with Crippen LogP contribution in [-0.4, -0.2) is 4.57 Å². The van der Waals surface area contributed by atoms with Crippen LogP contribution in [0, 0.1) is 0 Å². The third-order valence-electron chi connectivity index (χ3n) is 2.65. The molecular formula is C12H15BrN2. The lowest BCUT2D eigenvalue weighted by atomic mass is 9.94. The maximum absolute atomic E-state index is 6.17. The third kappa shape index (κ3) is 1.70. The van der Waals surface area contributed by atoms with Crippen molar-refractivity contribution in [3.8, 4) is 0 Å². The second-order valence-corrected chi connectivity index (χ2v) is 5.37. The molecule has 0 aliphatic carbocycles. The van der Waals surface area contributed by atoms with Crippen LogP contribution in [0.1, 0.15) is 19.4 Å². The third-order valence-corrected chi connectivity index (χ3v) is 3.28. The largest absolute Gasteiger partial charge is 0.349 e. The summed E-state index contributed by atoms with van der Waals surface area (Å²) in [5.41, 5.74) is 8.24. The lowest BCUT2D eigenvalue weighted by Gasteiger charge is -2.21. The number of hydrogen-bond donors (Lipinski definition) is 1. The van der Waals surface area contributed by atoms with E-state index in [1.54, 1.807) is 0 Å². The number of para-hydroxylation sites is 1. The molecule has 0 bridgehead atoms. The highest BCUT2D eigenvalue weighted by molar-refractivity contribution is 9.10. The Balaban J connectivity index is 2.87. The zero-order valence-electron chi connectivity index (χ0n) is 9.21. The number of nitrogens with zero attached hydrogens (tertiary/aromatic N) is 1. The van der Waals surface area contributed by atoms with Gasteiger partial charge in [-0.1, -0.05) is 18.2 Å². The smallest absolute Gasteiger partial charge is 0.0540 e. The summed E-state index contributed by atoms with van der Waals surface area (Å²) in [6, 6.07) is 6.25. The molecule has 1 aromatic heterocycles. The summed E-state index contributed by atoms with van der Waals surface area (Å²) < 4.78 is 3.23. The van der Waals surface area contributed by atoms with E-state index < -0.39 is 0 Å². The highest BCUT2D eigenvalue weighted by atomic mass is 79.9. The Bertz CT molecular complexity index is 506. The topological polar surface area (TPSA) is 30.9 Å². The van der Waals surface area contributed by atoms with Crippen LogP contribution < -0.4 is 5.73 Å². The van der Waals surface area contributed by atoms with Gasteiger partial charge >= 0.3 is 0 Å². The Kier molecular flexibility index (Phi) is 2.40. The van der Waals surface area contributed by atoms with Gasteiger partial charge in [-0.3, -0.25) is 0 Å². The summed E-state index contributed by atoms with van der Waals surface area (Å²) >= 11 is 3.56. The van der Waals surface area contributed by atoms with Gasteiger partial charge in [-0.05, 0) is 35.3 Å². The van der Waals surface area contributed by atoms with Gasteiger partial charge in [0.25, 0.3) is 0 Å². The van der Waals surface area contributed by atoms with Gasteiger partial charge in [-0.25, -0.2) is 0 Å². The van der Waals surface area contributed by atoms with E-state index in [0.29, 0.717) is 0 Å². The van der Waals surface area contributed by atoms with Crippen molar-refractivity contribution in [2.24, 2.45) is 12.8 Å². The molecule has 1 heterocycles. The average molecular weight is 267 g/mol. The predicted molar refractivity (Wildman–Crippen MR) is 67.8 cm³/mol. The fourth-order valence-electron chi connectivity index (χ4n) is 1.94. The number of benzene rings is 1. The highest BCUT2D eigenvalue weighted by Gasteiger charge is 2.19. The minimum Gasteiger partial charge on any atom is -0.349 e. The van der Waals surface area contributed by atoms with Crippen LogP contribution in [0.3, 0.4) is 0 Å². The van der Waals surface area contributed by atoms with E-state index >= 15 is 0 Å². The molecule has 15 heavy (non-hydrogen) atoms. The first-order chi connectivity index (χ1) is 6.91. The number of fused-ring (bicyclic) bond motifs is 1. The van der Waals surface area contributed by atoms with E-state index in [4.69, 9.17) is 5.73 Å². The molecule has 0 radical (unpaired) electrons. The van der Waals surface area contributed by atoms with E-state index in [2.05, 4.69) is 44.9 Å². The number of aromatic nitrogens is 1. The van der Waals surface area contributed by atoms with Crippen LogP contribution in [0.2, 0.25) is 0 Å². The molecule has 2 rings (SSSR count). The maximum atomic E-state index is 6.17. The van der Waals surface area contributed by atoms with Gasteiger partial charge in [0.2, 0.25) is 0 Å². The summed E-state index contributed by atoms with van der Waals surface area (Å²) in [5.74, 6) is 0. The van der Waals surface area contributed by atoms with Crippen molar-refractivity contribution in [1.29, 1.82) is 0 Å². The number of hydrogen-bond acceptors (Lipinski definition) is 1. The highest BCUT2D eigenvalue weighted by Crippen LogP contribution is 2.32. The molecule has 80 valence electrons. The molecule has 0 unspecified atom stereocenters. The molecule has 0 aliphatic rings. The van der Waals surface area contributed by atoms with E-state index in [9.17, 15) is 0 Å². The van der Waals surface area contributed by atoms with E-state index in [1.807, 2.05) is 20.9 Å². The number of nitrogens with two attached hydrogens (primary N) is 1.